The number of aldehydes is 4. The third-order valence-corrected chi connectivity index (χ3v) is 2.63. The van der Waals surface area contributed by atoms with Gasteiger partial charge in [0.25, 0.3) is 0 Å². The molecule has 19 heavy (non-hydrogen) atoms. The number of carbonyl (C=O) groups is 4. The highest BCUT2D eigenvalue weighted by Gasteiger charge is 1.97. The molecule has 0 aliphatic heterocycles. The number of carbonyl (C=O) groups excluding carboxylic acids is 4. The summed E-state index contributed by atoms with van der Waals surface area (Å²) < 4.78 is 0. The smallest absolute Gasteiger partial charge is 0.145 e. The molecule has 0 aliphatic carbocycles. The van der Waals surface area contributed by atoms with Crippen LogP contribution in [-0.4, -0.2) is 25.1 Å². The second kappa shape index (κ2) is 12.6. The van der Waals surface area contributed by atoms with Crippen molar-refractivity contribution in [2.45, 2.75) is 44.9 Å². The van der Waals surface area contributed by atoms with E-state index in [0.717, 1.165) is 31.6 Å². The van der Waals surface area contributed by atoms with Gasteiger partial charge in [0.15, 0.2) is 0 Å². The predicted octanol–water partition coefficient (Wildman–Crippen LogP) is 2.37. The summed E-state index contributed by atoms with van der Waals surface area (Å²) in [7, 11) is 0. The van der Waals surface area contributed by atoms with E-state index in [2.05, 4.69) is 0 Å². The zero-order chi connectivity index (χ0) is 14.3. The third-order valence-electron chi connectivity index (χ3n) is 2.63. The number of unbranched alkanes of at least 4 members (excludes halogenated alkanes) is 2. The Balaban J connectivity index is 4.13. The van der Waals surface area contributed by atoms with E-state index in [-0.39, 0.29) is 0 Å². The van der Waals surface area contributed by atoms with Gasteiger partial charge in [0.1, 0.15) is 25.1 Å². The molecule has 0 bridgehead atoms. The predicted molar refractivity (Wildman–Crippen MR) is 72.7 cm³/mol. The molecule has 0 radical (unpaired) electrons. The molecule has 0 amide bonds. The fourth-order valence-corrected chi connectivity index (χ4v) is 1.56. The van der Waals surface area contributed by atoms with Gasteiger partial charge in [-0.1, -0.05) is 12.2 Å². The quantitative estimate of drug-likeness (QED) is 0.308. The van der Waals surface area contributed by atoms with Crippen molar-refractivity contribution in [2.75, 3.05) is 0 Å². The Hall–Kier alpha value is -1.84. The average molecular weight is 264 g/mol. The Morgan fingerprint density at radius 1 is 0.632 bits per heavy atom. The number of hydrogen-bond acceptors (Lipinski definition) is 4. The number of hydrogen-bond donors (Lipinski definition) is 0. The lowest BCUT2D eigenvalue weighted by molar-refractivity contribution is -0.108. The summed E-state index contributed by atoms with van der Waals surface area (Å²) in [6.45, 7) is 0. The van der Waals surface area contributed by atoms with Crippen LogP contribution >= 0.6 is 0 Å². The Kier molecular flexibility index (Phi) is 11.4. The Labute approximate surface area is 113 Å². The van der Waals surface area contributed by atoms with Crippen LogP contribution in [0.5, 0.6) is 0 Å². The zero-order valence-corrected chi connectivity index (χ0v) is 11.0. The first-order valence-electron chi connectivity index (χ1n) is 6.44. The molecule has 0 aromatic heterocycles. The highest BCUT2D eigenvalue weighted by molar-refractivity contribution is 5.74. The van der Waals surface area contributed by atoms with Gasteiger partial charge >= 0.3 is 0 Å². The van der Waals surface area contributed by atoms with Crippen molar-refractivity contribution < 1.29 is 19.2 Å². The summed E-state index contributed by atoms with van der Waals surface area (Å²) in [5, 5.41) is 0. The van der Waals surface area contributed by atoms with Gasteiger partial charge in [-0.25, -0.2) is 0 Å². The topological polar surface area (TPSA) is 68.3 Å². The van der Waals surface area contributed by atoms with Gasteiger partial charge in [-0.3, -0.25) is 9.59 Å². The molecular formula is C15H20O4. The molecule has 0 saturated carbocycles. The molecule has 0 heterocycles. The van der Waals surface area contributed by atoms with Crippen LogP contribution in [0, 0.1) is 0 Å². The maximum absolute atomic E-state index is 10.8. The molecule has 0 aromatic rings. The summed E-state index contributed by atoms with van der Waals surface area (Å²) in [6, 6.07) is 0. The Morgan fingerprint density at radius 2 is 1.16 bits per heavy atom. The summed E-state index contributed by atoms with van der Waals surface area (Å²) in [4.78, 5) is 41.8. The van der Waals surface area contributed by atoms with Crippen LogP contribution in [0.3, 0.4) is 0 Å². The standard InChI is InChI=1S/C15H20O4/c16-10-3-1-2-6-14(12-18)7-4-8-15(13-19)9-5-11-17/h6,8,10-13H,1-5,7,9H2. The van der Waals surface area contributed by atoms with Crippen molar-refractivity contribution in [3.8, 4) is 0 Å². The number of rotatable bonds is 12. The van der Waals surface area contributed by atoms with Gasteiger partial charge in [0, 0.05) is 12.8 Å². The van der Waals surface area contributed by atoms with Crippen molar-refractivity contribution >= 4 is 25.1 Å². The minimum atomic E-state index is 0.340. The Bertz CT molecular complexity index is 353. The van der Waals surface area contributed by atoms with E-state index < -0.39 is 0 Å². The summed E-state index contributed by atoms with van der Waals surface area (Å²) in [6.07, 6.45) is 10.7. The number of allylic oxidation sites excluding steroid dienone is 4. The molecule has 0 saturated heterocycles. The van der Waals surface area contributed by atoms with Gasteiger partial charge in [0.05, 0.1) is 0 Å². The van der Waals surface area contributed by atoms with Gasteiger partial charge in [0.2, 0.25) is 0 Å². The van der Waals surface area contributed by atoms with Gasteiger partial charge in [-0.15, -0.1) is 0 Å². The summed E-state index contributed by atoms with van der Waals surface area (Å²) >= 11 is 0. The monoisotopic (exact) mass is 264 g/mol. The Morgan fingerprint density at radius 3 is 1.68 bits per heavy atom. The first kappa shape index (κ1) is 17.2. The third kappa shape index (κ3) is 9.83. The molecule has 4 heteroatoms. The maximum Gasteiger partial charge on any atom is 0.145 e. The van der Waals surface area contributed by atoms with Crippen LogP contribution in [0.25, 0.3) is 0 Å². The lowest BCUT2D eigenvalue weighted by Crippen LogP contribution is -1.89. The second-order valence-corrected chi connectivity index (χ2v) is 4.14. The molecule has 104 valence electrons. The summed E-state index contributed by atoms with van der Waals surface area (Å²) in [5.41, 5.74) is 1.28. The van der Waals surface area contributed by atoms with Gasteiger partial charge < -0.3 is 9.59 Å². The SMILES string of the molecule is O=CCCCC=C(C=O)CCC=C(C=O)CCC=O. The van der Waals surface area contributed by atoms with Crippen molar-refractivity contribution in [1.82, 2.24) is 0 Å². The fourth-order valence-electron chi connectivity index (χ4n) is 1.56. The first-order chi connectivity index (χ1) is 9.28. The minimum absolute atomic E-state index is 0.340. The van der Waals surface area contributed by atoms with E-state index in [9.17, 15) is 19.2 Å². The molecule has 0 fully saturated rings. The zero-order valence-electron chi connectivity index (χ0n) is 11.0. The molecule has 0 atom stereocenters. The molecule has 0 N–H and O–H groups in total. The largest absolute Gasteiger partial charge is 0.303 e. The van der Waals surface area contributed by atoms with Crippen molar-refractivity contribution in [2.24, 2.45) is 0 Å². The van der Waals surface area contributed by atoms with Crippen molar-refractivity contribution in [3.63, 3.8) is 0 Å². The van der Waals surface area contributed by atoms with E-state index >= 15 is 0 Å². The summed E-state index contributed by atoms with van der Waals surface area (Å²) in [5.74, 6) is 0. The molecule has 4 nitrogen and oxygen atoms in total. The second-order valence-electron chi connectivity index (χ2n) is 4.14. The van der Waals surface area contributed by atoms with Gasteiger partial charge in [-0.05, 0) is 43.3 Å². The minimum Gasteiger partial charge on any atom is -0.303 e. The van der Waals surface area contributed by atoms with E-state index in [1.165, 1.54) is 0 Å². The molecule has 0 aliphatic rings. The molecule has 0 unspecified atom stereocenters. The van der Waals surface area contributed by atoms with E-state index in [4.69, 9.17) is 0 Å². The normalized spacial score (nSPS) is 12.0. The molecule has 0 aromatic carbocycles. The molecule has 0 rings (SSSR count). The molecule has 0 spiro atoms. The van der Waals surface area contributed by atoms with E-state index in [0.29, 0.717) is 49.7 Å². The van der Waals surface area contributed by atoms with Crippen LogP contribution < -0.4 is 0 Å². The van der Waals surface area contributed by atoms with Gasteiger partial charge in [-0.2, -0.15) is 0 Å². The highest BCUT2D eigenvalue weighted by Crippen LogP contribution is 2.09. The fraction of sp³-hybridized carbons (Fsp3) is 0.467. The van der Waals surface area contributed by atoms with Crippen LogP contribution in [-0.2, 0) is 19.2 Å². The lowest BCUT2D eigenvalue weighted by atomic mass is 10.1. The van der Waals surface area contributed by atoms with Crippen LogP contribution in [0.2, 0.25) is 0 Å². The maximum atomic E-state index is 10.8. The van der Waals surface area contributed by atoms with Crippen molar-refractivity contribution in [3.05, 3.63) is 23.3 Å². The highest BCUT2D eigenvalue weighted by atomic mass is 16.1. The molecular weight excluding hydrogens is 244 g/mol. The first-order valence-corrected chi connectivity index (χ1v) is 6.44. The lowest BCUT2D eigenvalue weighted by Gasteiger charge is -1.99. The van der Waals surface area contributed by atoms with Crippen molar-refractivity contribution in [1.29, 1.82) is 0 Å². The average Bonchev–Trinajstić information content (AvgIpc) is 2.44. The van der Waals surface area contributed by atoms with Crippen LogP contribution in [0.1, 0.15) is 44.9 Å². The van der Waals surface area contributed by atoms with E-state index in [1.54, 1.807) is 6.08 Å². The van der Waals surface area contributed by atoms with E-state index in [1.807, 2.05) is 6.08 Å². The van der Waals surface area contributed by atoms with Crippen LogP contribution in [0.15, 0.2) is 23.3 Å². The van der Waals surface area contributed by atoms with Crippen LogP contribution in [0.4, 0.5) is 0 Å².